The van der Waals surface area contributed by atoms with E-state index >= 15 is 0 Å². The Balaban J connectivity index is -0.000000386. The Morgan fingerprint density at radius 2 is 1.00 bits per heavy atom. The lowest BCUT2D eigenvalue weighted by molar-refractivity contribution is -0.463. The lowest BCUT2D eigenvalue weighted by Crippen LogP contribution is -2.73. The number of nitrogens with one attached hydrogen (secondary N) is 2. The summed E-state index contributed by atoms with van der Waals surface area (Å²) in [6, 6.07) is 0. The summed E-state index contributed by atoms with van der Waals surface area (Å²) in [6.45, 7) is 12.0. The Kier molecular flexibility index (Phi) is 16.8. The molecule has 0 radical (unpaired) electrons. The molecule has 178 valence electrons. The predicted molar refractivity (Wildman–Crippen MR) is 103 cm³/mol. The number of aliphatic hydroxyl groups excluding tert-OH is 2. The highest BCUT2D eigenvalue weighted by Crippen LogP contribution is 1.93. The maximum Gasteiger partial charge on any atom is 0.222 e. The first-order valence-corrected chi connectivity index (χ1v) is 9.29. The van der Waals surface area contributed by atoms with Gasteiger partial charge in [0.15, 0.2) is 0 Å². The summed E-state index contributed by atoms with van der Waals surface area (Å²) in [5.74, 6) is -4.62. The zero-order chi connectivity index (χ0) is 24.7. The fourth-order valence-corrected chi connectivity index (χ4v) is 1.36. The van der Waals surface area contributed by atoms with Crippen LogP contribution in [0.25, 0.3) is 0 Å². The third kappa shape index (κ3) is 33.3. The van der Waals surface area contributed by atoms with Gasteiger partial charge < -0.3 is 52.1 Å². The molecule has 0 aromatic heterocycles. The van der Waals surface area contributed by atoms with E-state index in [1.165, 1.54) is 0 Å². The first kappa shape index (κ1) is 32.4. The molecule has 12 nitrogen and oxygen atoms in total. The van der Waals surface area contributed by atoms with Crippen LogP contribution in [0.5, 0.6) is 0 Å². The monoisotopic (exact) mass is 438 g/mol. The average Bonchev–Trinajstić information content (AvgIpc) is 2.49. The summed E-state index contributed by atoms with van der Waals surface area (Å²) >= 11 is 0. The molecule has 0 saturated carbocycles. The first-order valence-electron chi connectivity index (χ1n) is 9.29. The molecule has 12 heteroatoms. The summed E-state index contributed by atoms with van der Waals surface area (Å²) in [6.07, 6.45) is -0.817. The zero-order valence-electron chi connectivity index (χ0n) is 18.7. The number of carboxylic acid groups (broad SMARTS) is 2. The van der Waals surface area contributed by atoms with Crippen molar-refractivity contribution in [1.29, 1.82) is 0 Å². The second kappa shape index (κ2) is 15.5. The Labute approximate surface area is 177 Å². The van der Waals surface area contributed by atoms with Gasteiger partial charge in [-0.1, -0.05) is 0 Å². The van der Waals surface area contributed by atoms with E-state index in [4.69, 9.17) is 30.0 Å². The third-order valence-corrected chi connectivity index (χ3v) is 2.66. The van der Waals surface area contributed by atoms with Gasteiger partial charge in [-0.05, 0) is 41.5 Å². The molecular formula is C18H38N4O8. The number of carbonyl (C=O) groups is 4. The van der Waals surface area contributed by atoms with Crippen LogP contribution in [-0.2, 0) is 19.2 Å². The topological polar surface area (TPSA) is 234 Å². The van der Waals surface area contributed by atoms with E-state index < -0.39 is 24.1 Å². The van der Waals surface area contributed by atoms with Crippen LogP contribution in [0.1, 0.15) is 54.4 Å². The molecule has 0 spiro atoms. The van der Waals surface area contributed by atoms with Crippen molar-refractivity contribution in [1.82, 2.24) is 10.6 Å². The number of aliphatic hydroxyl groups is 2. The molecule has 30 heavy (non-hydrogen) atoms. The van der Waals surface area contributed by atoms with Crippen LogP contribution >= 0.6 is 0 Å². The van der Waals surface area contributed by atoms with E-state index in [-0.39, 0.29) is 35.7 Å². The average molecular weight is 439 g/mol. The van der Waals surface area contributed by atoms with Gasteiger partial charge in [0.05, 0.1) is 50.1 Å². The molecule has 2 atom stereocenters. The van der Waals surface area contributed by atoms with E-state index in [2.05, 4.69) is 22.1 Å². The van der Waals surface area contributed by atoms with Gasteiger partial charge in [0, 0.05) is 0 Å². The van der Waals surface area contributed by atoms with Crippen molar-refractivity contribution in [3.05, 3.63) is 0 Å². The van der Waals surface area contributed by atoms with Crippen LogP contribution < -0.4 is 32.3 Å². The highest BCUT2D eigenvalue weighted by molar-refractivity contribution is 6.25. The maximum absolute atomic E-state index is 11.0. The van der Waals surface area contributed by atoms with E-state index in [0.29, 0.717) is 13.1 Å². The van der Waals surface area contributed by atoms with Crippen molar-refractivity contribution in [2.45, 2.75) is 77.7 Å². The van der Waals surface area contributed by atoms with Crippen LogP contribution in [-0.4, -0.2) is 70.3 Å². The number of hydrogen-bond acceptors (Lipinski definition) is 8. The highest BCUT2D eigenvalue weighted by atomic mass is 16.4. The second-order valence-electron chi connectivity index (χ2n) is 8.56. The molecule has 10 N–H and O–H groups in total. The van der Waals surface area contributed by atoms with Crippen LogP contribution in [0.3, 0.4) is 0 Å². The van der Waals surface area contributed by atoms with Gasteiger partial charge >= 0.3 is 0 Å². The van der Waals surface area contributed by atoms with E-state index in [1.807, 2.05) is 27.7 Å². The SMILES string of the molecule is CC(O)CC(=O)NCC(C)(C)[NH3+].CC(O)CC(=O)NCC(C)(C)[NH3+].O=C([O-])C(=O)[O-]. The van der Waals surface area contributed by atoms with Gasteiger partial charge in [0.1, 0.15) is 11.1 Å². The minimum atomic E-state index is -2.19. The Morgan fingerprint density at radius 1 is 0.767 bits per heavy atom. The Morgan fingerprint density at radius 3 is 1.13 bits per heavy atom. The number of amides is 2. The minimum Gasteiger partial charge on any atom is -0.543 e. The van der Waals surface area contributed by atoms with Gasteiger partial charge in [0.2, 0.25) is 11.8 Å². The van der Waals surface area contributed by atoms with Crippen molar-refractivity contribution < 1.29 is 51.1 Å². The number of rotatable bonds is 8. The predicted octanol–water partition coefficient (Wildman–Crippen LogP) is -5.73. The number of aliphatic carboxylic acids is 2. The number of hydrogen-bond donors (Lipinski definition) is 6. The van der Waals surface area contributed by atoms with Crippen LogP contribution in [0.15, 0.2) is 0 Å². The number of carboxylic acids is 2. The van der Waals surface area contributed by atoms with Gasteiger partial charge in [-0.15, -0.1) is 0 Å². The molecular weight excluding hydrogens is 400 g/mol. The van der Waals surface area contributed by atoms with E-state index in [1.54, 1.807) is 13.8 Å². The summed E-state index contributed by atoms with van der Waals surface area (Å²) in [5.41, 5.74) is 7.40. The van der Waals surface area contributed by atoms with Gasteiger partial charge in [0.25, 0.3) is 0 Å². The van der Waals surface area contributed by atoms with Crippen molar-refractivity contribution in [3.8, 4) is 0 Å². The summed E-state index contributed by atoms with van der Waals surface area (Å²) in [4.78, 5) is 39.9. The lowest BCUT2D eigenvalue weighted by Gasteiger charge is -2.15. The Hall–Kier alpha value is -2.28. The molecule has 2 unspecified atom stereocenters. The molecule has 2 amide bonds. The largest absolute Gasteiger partial charge is 0.543 e. The molecule has 0 heterocycles. The highest BCUT2D eigenvalue weighted by Gasteiger charge is 2.17. The van der Waals surface area contributed by atoms with Gasteiger partial charge in [-0.2, -0.15) is 0 Å². The molecule has 0 bridgehead atoms. The lowest BCUT2D eigenvalue weighted by atomic mass is 10.1. The zero-order valence-corrected chi connectivity index (χ0v) is 18.7. The minimum absolute atomic E-state index is 0.123. The van der Waals surface area contributed by atoms with Crippen LogP contribution in [0, 0.1) is 0 Å². The smallest absolute Gasteiger partial charge is 0.222 e. The van der Waals surface area contributed by atoms with Crippen molar-refractivity contribution in [3.63, 3.8) is 0 Å². The molecule has 0 rings (SSSR count). The first-order chi connectivity index (χ1) is 13.3. The molecule has 0 fully saturated rings. The molecule has 0 aliphatic rings. The number of quaternary nitrogens is 2. The van der Waals surface area contributed by atoms with Crippen LogP contribution in [0.4, 0.5) is 0 Å². The van der Waals surface area contributed by atoms with E-state index in [0.717, 1.165) is 0 Å². The molecule has 0 saturated heterocycles. The molecule has 0 aromatic carbocycles. The van der Waals surface area contributed by atoms with E-state index in [9.17, 15) is 9.59 Å². The van der Waals surface area contributed by atoms with Crippen LogP contribution in [0.2, 0.25) is 0 Å². The maximum atomic E-state index is 11.0. The van der Waals surface area contributed by atoms with Crippen molar-refractivity contribution >= 4 is 23.8 Å². The second-order valence-corrected chi connectivity index (χ2v) is 8.56. The number of carbonyl (C=O) groups excluding carboxylic acids is 4. The Bertz CT molecular complexity index is 489. The van der Waals surface area contributed by atoms with Gasteiger partial charge in [-0.3, -0.25) is 9.59 Å². The third-order valence-electron chi connectivity index (χ3n) is 2.66. The summed E-state index contributed by atoms with van der Waals surface area (Å²) in [5, 5.41) is 41.0. The fraction of sp³-hybridized carbons (Fsp3) is 0.778. The van der Waals surface area contributed by atoms with Crippen molar-refractivity contribution in [2.75, 3.05) is 13.1 Å². The standard InChI is InChI=1S/2C8H18N2O2.C2H2O4/c2*1-6(11)4-7(12)10-5-8(2,3)9;3-1(4)2(5)6/h2*6,11H,4-5,9H2,1-3H3,(H,10,12);(H,3,4)(H,5,6). The van der Waals surface area contributed by atoms with Gasteiger partial charge in [-0.25, -0.2) is 0 Å². The normalized spacial score (nSPS) is 12.7. The summed E-state index contributed by atoms with van der Waals surface area (Å²) in [7, 11) is 0. The molecule has 0 aliphatic carbocycles. The van der Waals surface area contributed by atoms with Crippen molar-refractivity contribution in [2.24, 2.45) is 0 Å². The fourth-order valence-electron chi connectivity index (χ4n) is 1.36. The quantitative estimate of drug-likeness (QED) is 0.199. The molecule has 0 aromatic rings. The molecule has 0 aliphatic heterocycles. The summed E-state index contributed by atoms with van der Waals surface area (Å²) < 4.78 is 0.